The van der Waals surface area contributed by atoms with Gasteiger partial charge in [0.15, 0.2) is 5.13 Å². The van der Waals surface area contributed by atoms with Crippen molar-refractivity contribution in [3.05, 3.63) is 11.6 Å². The Balaban J connectivity index is 1.74. The molecule has 7 nitrogen and oxygen atoms in total. The molecule has 2 heterocycles. The topological polar surface area (TPSA) is 68.8 Å². The van der Waals surface area contributed by atoms with E-state index < -0.39 is 0 Å². The summed E-state index contributed by atoms with van der Waals surface area (Å²) in [6, 6.07) is 0.0249. The van der Waals surface area contributed by atoms with Crippen LogP contribution in [0.25, 0.3) is 0 Å². The first kappa shape index (κ1) is 14.7. The van der Waals surface area contributed by atoms with Crippen LogP contribution in [0.2, 0.25) is 0 Å². The number of anilines is 1. The van der Waals surface area contributed by atoms with E-state index in [1.807, 2.05) is 10.3 Å². The maximum absolute atomic E-state index is 11.8. The van der Waals surface area contributed by atoms with E-state index in [0.29, 0.717) is 37.9 Å². The van der Waals surface area contributed by atoms with E-state index in [2.05, 4.69) is 10.3 Å². The fourth-order valence-corrected chi connectivity index (χ4v) is 2.57. The number of hydrogen-bond acceptors (Lipinski definition) is 5. The number of carbonyl (C=O) groups is 2. The summed E-state index contributed by atoms with van der Waals surface area (Å²) in [6.07, 6.45) is 1.66. The summed E-state index contributed by atoms with van der Waals surface area (Å²) in [4.78, 5) is 33.0. The number of nitrogens with zero attached hydrogens (tertiary/aromatic N) is 4. The van der Waals surface area contributed by atoms with Gasteiger partial charge in [-0.15, -0.1) is 11.3 Å². The number of nitrogens with one attached hydrogen (secondary N) is 1. The van der Waals surface area contributed by atoms with Gasteiger partial charge in [0.1, 0.15) is 0 Å². The molecule has 1 fully saturated rings. The fourth-order valence-electron chi connectivity index (χ4n) is 2.03. The van der Waals surface area contributed by atoms with E-state index in [1.54, 1.807) is 30.1 Å². The van der Waals surface area contributed by atoms with Crippen molar-refractivity contribution in [3.8, 4) is 0 Å². The lowest BCUT2D eigenvalue weighted by Gasteiger charge is -2.35. The van der Waals surface area contributed by atoms with Crippen molar-refractivity contribution in [3.63, 3.8) is 0 Å². The van der Waals surface area contributed by atoms with E-state index in [0.717, 1.165) is 0 Å². The first-order valence-corrected chi connectivity index (χ1v) is 7.32. The predicted molar refractivity (Wildman–Crippen MR) is 77.8 cm³/mol. The zero-order valence-electron chi connectivity index (χ0n) is 11.7. The normalized spacial score (nSPS) is 16.0. The van der Waals surface area contributed by atoms with E-state index in [4.69, 9.17) is 0 Å². The standard InChI is InChI=1S/C12H19N5O2S/c1-15(2)12(19)17-6-4-16(5-7-17)9-10(18)14-11-13-3-8-20-11/h3,8H,4-7,9H2,1-2H3,(H,13,14,18). The maximum Gasteiger partial charge on any atom is 0.319 e. The predicted octanol–water partition coefficient (Wildman–Crippen LogP) is 0.381. The molecular formula is C12H19N5O2S. The third kappa shape index (κ3) is 3.91. The Bertz CT molecular complexity index is 454. The number of piperazine rings is 1. The first-order valence-electron chi connectivity index (χ1n) is 6.44. The van der Waals surface area contributed by atoms with Gasteiger partial charge in [-0.1, -0.05) is 0 Å². The molecular weight excluding hydrogens is 278 g/mol. The quantitative estimate of drug-likeness (QED) is 0.876. The molecule has 0 unspecified atom stereocenters. The summed E-state index contributed by atoms with van der Waals surface area (Å²) in [5.41, 5.74) is 0. The van der Waals surface area contributed by atoms with Crippen LogP contribution in [0.15, 0.2) is 11.6 Å². The number of aromatic nitrogens is 1. The van der Waals surface area contributed by atoms with Crippen molar-refractivity contribution in [1.29, 1.82) is 0 Å². The Morgan fingerprint density at radius 2 is 2.05 bits per heavy atom. The molecule has 0 bridgehead atoms. The highest BCUT2D eigenvalue weighted by atomic mass is 32.1. The van der Waals surface area contributed by atoms with Gasteiger partial charge in [0, 0.05) is 51.9 Å². The van der Waals surface area contributed by atoms with Crippen LogP contribution in [-0.2, 0) is 4.79 Å². The van der Waals surface area contributed by atoms with Gasteiger partial charge in [-0.05, 0) is 0 Å². The monoisotopic (exact) mass is 297 g/mol. The summed E-state index contributed by atoms with van der Waals surface area (Å²) < 4.78 is 0. The van der Waals surface area contributed by atoms with E-state index in [9.17, 15) is 9.59 Å². The maximum atomic E-state index is 11.8. The molecule has 0 spiro atoms. The van der Waals surface area contributed by atoms with Crippen LogP contribution in [0.4, 0.5) is 9.93 Å². The van der Waals surface area contributed by atoms with E-state index in [-0.39, 0.29) is 11.9 Å². The highest BCUT2D eigenvalue weighted by Crippen LogP contribution is 2.10. The van der Waals surface area contributed by atoms with Crippen molar-refractivity contribution < 1.29 is 9.59 Å². The summed E-state index contributed by atoms with van der Waals surface area (Å²) in [7, 11) is 3.49. The molecule has 20 heavy (non-hydrogen) atoms. The van der Waals surface area contributed by atoms with Crippen LogP contribution in [0.3, 0.4) is 0 Å². The second-order valence-electron chi connectivity index (χ2n) is 4.83. The summed E-state index contributed by atoms with van der Waals surface area (Å²) in [6.45, 7) is 3.07. The van der Waals surface area contributed by atoms with E-state index in [1.165, 1.54) is 11.3 Å². The zero-order valence-corrected chi connectivity index (χ0v) is 12.5. The lowest BCUT2D eigenvalue weighted by molar-refractivity contribution is -0.117. The molecule has 1 aliphatic heterocycles. The van der Waals surface area contributed by atoms with Crippen molar-refractivity contribution in [2.45, 2.75) is 0 Å². The number of urea groups is 1. The molecule has 8 heteroatoms. The second-order valence-corrected chi connectivity index (χ2v) is 5.72. The van der Waals surface area contributed by atoms with Crippen LogP contribution in [0, 0.1) is 0 Å². The van der Waals surface area contributed by atoms with Crippen LogP contribution in [0.5, 0.6) is 0 Å². The average Bonchev–Trinajstić information content (AvgIpc) is 2.91. The molecule has 1 saturated heterocycles. The minimum atomic E-state index is -0.0627. The summed E-state index contributed by atoms with van der Waals surface area (Å²) >= 11 is 1.40. The molecule has 0 aromatic carbocycles. The second kappa shape index (κ2) is 6.67. The van der Waals surface area contributed by atoms with Gasteiger partial charge in [-0.25, -0.2) is 9.78 Å². The van der Waals surface area contributed by atoms with Gasteiger partial charge in [0.2, 0.25) is 5.91 Å². The Hall–Kier alpha value is -1.67. The Morgan fingerprint density at radius 3 is 2.60 bits per heavy atom. The SMILES string of the molecule is CN(C)C(=O)N1CCN(CC(=O)Nc2nccs2)CC1. The third-order valence-corrected chi connectivity index (χ3v) is 3.76. The molecule has 1 aliphatic rings. The summed E-state index contributed by atoms with van der Waals surface area (Å²) in [5.74, 6) is -0.0627. The molecule has 3 amide bonds. The number of carbonyl (C=O) groups excluding carboxylic acids is 2. The average molecular weight is 297 g/mol. The van der Waals surface area contributed by atoms with Gasteiger partial charge in [0.05, 0.1) is 6.54 Å². The lowest BCUT2D eigenvalue weighted by Crippen LogP contribution is -2.52. The Labute approximate surface area is 122 Å². The Kier molecular flexibility index (Phi) is 4.91. The highest BCUT2D eigenvalue weighted by molar-refractivity contribution is 7.13. The van der Waals surface area contributed by atoms with E-state index >= 15 is 0 Å². The van der Waals surface area contributed by atoms with Crippen LogP contribution in [-0.4, -0.2) is 78.4 Å². The van der Waals surface area contributed by atoms with Gasteiger partial charge < -0.3 is 15.1 Å². The van der Waals surface area contributed by atoms with Gasteiger partial charge >= 0.3 is 6.03 Å². The molecule has 1 aromatic rings. The molecule has 0 radical (unpaired) electrons. The van der Waals surface area contributed by atoms with Gasteiger partial charge in [0.25, 0.3) is 0 Å². The van der Waals surface area contributed by atoms with Crippen molar-refractivity contribution >= 4 is 28.4 Å². The number of amides is 3. The largest absolute Gasteiger partial charge is 0.331 e. The Morgan fingerprint density at radius 1 is 1.35 bits per heavy atom. The first-order chi connectivity index (χ1) is 9.56. The van der Waals surface area contributed by atoms with Crippen LogP contribution in [0.1, 0.15) is 0 Å². The molecule has 1 aromatic heterocycles. The lowest BCUT2D eigenvalue weighted by atomic mass is 10.3. The number of thiazole rings is 1. The molecule has 0 saturated carbocycles. The van der Waals surface area contributed by atoms with Crippen LogP contribution < -0.4 is 5.32 Å². The zero-order chi connectivity index (χ0) is 14.5. The van der Waals surface area contributed by atoms with Crippen molar-refractivity contribution in [1.82, 2.24) is 19.7 Å². The van der Waals surface area contributed by atoms with Crippen molar-refractivity contribution in [2.24, 2.45) is 0 Å². The molecule has 0 atom stereocenters. The molecule has 0 aliphatic carbocycles. The highest BCUT2D eigenvalue weighted by Gasteiger charge is 2.23. The third-order valence-electron chi connectivity index (χ3n) is 3.07. The molecule has 110 valence electrons. The van der Waals surface area contributed by atoms with Gasteiger partial charge in [-0.3, -0.25) is 9.69 Å². The fraction of sp³-hybridized carbons (Fsp3) is 0.583. The van der Waals surface area contributed by atoms with Crippen LogP contribution >= 0.6 is 11.3 Å². The molecule has 2 rings (SSSR count). The number of hydrogen-bond donors (Lipinski definition) is 1. The number of rotatable bonds is 3. The molecule has 1 N–H and O–H groups in total. The smallest absolute Gasteiger partial charge is 0.319 e. The van der Waals surface area contributed by atoms with Crippen molar-refractivity contribution in [2.75, 3.05) is 52.1 Å². The summed E-state index contributed by atoms with van der Waals surface area (Å²) in [5, 5.41) is 5.20. The minimum absolute atomic E-state index is 0.0249. The van der Waals surface area contributed by atoms with Gasteiger partial charge in [-0.2, -0.15) is 0 Å². The minimum Gasteiger partial charge on any atom is -0.331 e.